The van der Waals surface area contributed by atoms with Crippen molar-refractivity contribution in [1.82, 2.24) is 9.99 Å². The number of nitrogens with two attached hydrogens (primary N) is 1. The number of benzene rings is 1. The first-order chi connectivity index (χ1) is 9.58. The van der Waals surface area contributed by atoms with Crippen LogP contribution in [0.3, 0.4) is 0 Å². The molecule has 3 N–H and O–H groups in total. The normalized spacial score (nSPS) is 10.6. The summed E-state index contributed by atoms with van der Waals surface area (Å²) in [5.41, 5.74) is 9.34. The number of hydrogen-bond acceptors (Lipinski definition) is 4. The number of nitrogens with one attached hydrogen (secondary N) is 1. The van der Waals surface area contributed by atoms with Crippen LogP contribution in [-0.4, -0.2) is 20.8 Å². The lowest BCUT2D eigenvalue weighted by atomic mass is 10.3. The van der Waals surface area contributed by atoms with E-state index in [2.05, 4.69) is 22.7 Å². The maximum absolute atomic E-state index is 10.6. The third-order valence-electron chi connectivity index (χ3n) is 2.49. The Hall–Kier alpha value is -2.74. The minimum Gasteiger partial charge on any atom is -0.375 e. The topological polar surface area (TPSA) is 98.5 Å². The van der Waals surface area contributed by atoms with Gasteiger partial charge >= 0.3 is 0 Å². The second-order valence-electron chi connectivity index (χ2n) is 3.81. The molecule has 0 fully saturated rings. The summed E-state index contributed by atoms with van der Waals surface area (Å²) in [4.78, 5) is 10.2. The summed E-state index contributed by atoms with van der Waals surface area (Å²) in [7, 11) is 0. The second kappa shape index (κ2) is 5.93. The van der Waals surface area contributed by atoms with Crippen molar-refractivity contribution < 1.29 is 4.92 Å². The van der Waals surface area contributed by atoms with Gasteiger partial charge in [0.1, 0.15) is 0 Å². The van der Waals surface area contributed by atoms with Gasteiger partial charge in [-0.2, -0.15) is 5.10 Å². The number of nitrogens with zero attached hydrogens (tertiary/aromatic N) is 3. The molecule has 1 aromatic heterocycles. The molecule has 0 atom stereocenters. The van der Waals surface area contributed by atoms with E-state index in [1.165, 1.54) is 12.1 Å². The molecule has 0 aliphatic rings. The van der Waals surface area contributed by atoms with Gasteiger partial charge in [0.2, 0.25) is 0 Å². The fourth-order valence-electron chi connectivity index (χ4n) is 1.63. The molecule has 1 heterocycles. The van der Waals surface area contributed by atoms with Crippen LogP contribution >= 0.6 is 12.2 Å². The molecule has 0 spiro atoms. The SMILES string of the molecule is NC(=S)NN=Cc1cccn1-c1ccc([N+](=O)[O-])cc1. The first-order valence-electron chi connectivity index (χ1n) is 5.58. The molecule has 0 aliphatic heterocycles. The van der Waals surface area contributed by atoms with E-state index in [9.17, 15) is 10.1 Å². The van der Waals surface area contributed by atoms with Crippen LogP contribution < -0.4 is 11.2 Å². The fourth-order valence-corrected chi connectivity index (χ4v) is 1.68. The molecule has 0 amide bonds. The maximum atomic E-state index is 10.6. The van der Waals surface area contributed by atoms with Crippen LogP contribution in [0.15, 0.2) is 47.7 Å². The lowest BCUT2D eigenvalue weighted by Gasteiger charge is -2.05. The van der Waals surface area contributed by atoms with Crippen molar-refractivity contribution >= 4 is 29.2 Å². The number of nitro benzene ring substituents is 1. The maximum Gasteiger partial charge on any atom is 0.269 e. The molecule has 102 valence electrons. The van der Waals surface area contributed by atoms with Gasteiger partial charge in [-0.1, -0.05) is 0 Å². The van der Waals surface area contributed by atoms with E-state index >= 15 is 0 Å². The molecule has 8 heteroatoms. The highest BCUT2D eigenvalue weighted by Crippen LogP contribution is 2.16. The van der Waals surface area contributed by atoms with Crippen molar-refractivity contribution in [3.05, 3.63) is 58.4 Å². The zero-order valence-electron chi connectivity index (χ0n) is 10.3. The van der Waals surface area contributed by atoms with Gasteiger partial charge in [0.15, 0.2) is 5.11 Å². The van der Waals surface area contributed by atoms with E-state index < -0.39 is 4.92 Å². The zero-order chi connectivity index (χ0) is 14.5. The Kier molecular flexibility index (Phi) is 4.06. The summed E-state index contributed by atoms with van der Waals surface area (Å²) >= 11 is 4.64. The minimum atomic E-state index is -0.437. The Bertz CT molecular complexity index is 663. The van der Waals surface area contributed by atoms with E-state index in [1.807, 2.05) is 22.9 Å². The van der Waals surface area contributed by atoms with E-state index in [4.69, 9.17) is 5.73 Å². The van der Waals surface area contributed by atoms with Gasteiger partial charge in [-0.3, -0.25) is 15.5 Å². The first-order valence-corrected chi connectivity index (χ1v) is 5.99. The summed E-state index contributed by atoms with van der Waals surface area (Å²) in [6.45, 7) is 0. The second-order valence-corrected chi connectivity index (χ2v) is 4.25. The van der Waals surface area contributed by atoms with Crippen molar-refractivity contribution in [2.75, 3.05) is 0 Å². The van der Waals surface area contributed by atoms with Crippen molar-refractivity contribution in [3.63, 3.8) is 0 Å². The van der Waals surface area contributed by atoms with E-state index in [-0.39, 0.29) is 10.8 Å². The number of rotatable bonds is 4. The molecule has 0 aliphatic carbocycles. The fraction of sp³-hybridized carbons (Fsp3) is 0. The molecule has 0 unspecified atom stereocenters. The predicted octanol–water partition coefficient (Wildman–Crippen LogP) is 1.55. The minimum absolute atomic E-state index is 0.0475. The molecular formula is C12H11N5O2S. The Morgan fingerprint density at radius 3 is 2.70 bits per heavy atom. The Labute approximate surface area is 119 Å². The van der Waals surface area contributed by atoms with Crippen LogP contribution in [0.25, 0.3) is 5.69 Å². The highest BCUT2D eigenvalue weighted by atomic mass is 32.1. The van der Waals surface area contributed by atoms with Crippen LogP contribution in [-0.2, 0) is 0 Å². The Morgan fingerprint density at radius 1 is 1.40 bits per heavy atom. The first kappa shape index (κ1) is 13.7. The van der Waals surface area contributed by atoms with Crippen LogP contribution in [0.1, 0.15) is 5.69 Å². The van der Waals surface area contributed by atoms with E-state index in [0.717, 1.165) is 11.4 Å². The molecule has 1 aromatic carbocycles. The van der Waals surface area contributed by atoms with Gasteiger partial charge in [-0.05, 0) is 36.5 Å². The predicted molar refractivity (Wildman–Crippen MR) is 79.9 cm³/mol. The summed E-state index contributed by atoms with van der Waals surface area (Å²) in [5.74, 6) is 0. The van der Waals surface area contributed by atoms with Crippen LogP contribution in [0.5, 0.6) is 0 Å². The summed E-state index contributed by atoms with van der Waals surface area (Å²) in [6.07, 6.45) is 3.38. The molecule has 20 heavy (non-hydrogen) atoms. The molecular weight excluding hydrogens is 278 g/mol. The number of thiocarbonyl (C=S) groups is 1. The zero-order valence-corrected chi connectivity index (χ0v) is 11.1. The summed E-state index contributed by atoms with van der Waals surface area (Å²) < 4.78 is 1.83. The van der Waals surface area contributed by atoms with Gasteiger partial charge in [0.25, 0.3) is 5.69 Å². The summed E-state index contributed by atoms with van der Waals surface area (Å²) in [5, 5.41) is 14.6. The molecule has 0 bridgehead atoms. The molecule has 2 aromatic rings. The van der Waals surface area contributed by atoms with Crippen molar-refractivity contribution in [2.24, 2.45) is 10.8 Å². The van der Waals surface area contributed by atoms with Crippen molar-refractivity contribution in [2.45, 2.75) is 0 Å². The lowest BCUT2D eigenvalue weighted by molar-refractivity contribution is -0.384. The highest BCUT2D eigenvalue weighted by molar-refractivity contribution is 7.80. The van der Waals surface area contributed by atoms with Gasteiger partial charge in [-0.15, -0.1) is 0 Å². The van der Waals surface area contributed by atoms with Gasteiger partial charge in [-0.25, -0.2) is 0 Å². The van der Waals surface area contributed by atoms with Crippen molar-refractivity contribution in [1.29, 1.82) is 0 Å². The number of nitro groups is 1. The van der Waals surface area contributed by atoms with Gasteiger partial charge < -0.3 is 10.3 Å². The van der Waals surface area contributed by atoms with Gasteiger partial charge in [0, 0.05) is 24.0 Å². The number of hydrogen-bond donors (Lipinski definition) is 2. The lowest BCUT2D eigenvalue weighted by Crippen LogP contribution is -2.24. The van der Waals surface area contributed by atoms with Crippen molar-refractivity contribution in [3.8, 4) is 5.69 Å². The Morgan fingerprint density at radius 2 is 2.10 bits per heavy atom. The third-order valence-corrected chi connectivity index (χ3v) is 2.58. The van der Waals surface area contributed by atoms with Crippen LogP contribution in [0.4, 0.5) is 5.69 Å². The van der Waals surface area contributed by atoms with Gasteiger partial charge in [0.05, 0.1) is 16.8 Å². The number of aromatic nitrogens is 1. The molecule has 0 saturated heterocycles. The molecule has 2 rings (SSSR count). The Balaban J connectivity index is 2.25. The number of hydrazone groups is 1. The highest BCUT2D eigenvalue weighted by Gasteiger charge is 2.06. The number of non-ortho nitro benzene ring substituents is 1. The third kappa shape index (κ3) is 3.18. The standard InChI is InChI=1S/C12H11N5O2S/c13-12(20)15-14-8-11-2-1-7-16(11)9-3-5-10(6-4-9)17(18)19/h1-8H,(H3,13,15,20). The monoisotopic (exact) mass is 289 g/mol. The quantitative estimate of drug-likeness (QED) is 0.385. The largest absolute Gasteiger partial charge is 0.375 e. The molecule has 0 saturated carbocycles. The average Bonchev–Trinajstić information content (AvgIpc) is 2.87. The van der Waals surface area contributed by atoms with E-state index in [1.54, 1.807) is 18.3 Å². The average molecular weight is 289 g/mol. The van der Waals surface area contributed by atoms with Crippen LogP contribution in [0.2, 0.25) is 0 Å². The molecule has 0 radical (unpaired) electrons. The van der Waals surface area contributed by atoms with E-state index in [0.29, 0.717) is 0 Å². The smallest absolute Gasteiger partial charge is 0.269 e. The summed E-state index contributed by atoms with van der Waals surface area (Å²) in [6, 6.07) is 9.90. The van der Waals surface area contributed by atoms with Crippen LogP contribution in [0, 0.1) is 10.1 Å². The molecule has 7 nitrogen and oxygen atoms in total.